The molecule has 1 atom stereocenters. The number of benzene rings is 1. The summed E-state index contributed by atoms with van der Waals surface area (Å²) in [4.78, 5) is 4.81. The highest BCUT2D eigenvalue weighted by molar-refractivity contribution is 7.90. The molecule has 31 heavy (non-hydrogen) atoms. The molecule has 0 aliphatic heterocycles. The summed E-state index contributed by atoms with van der Waals surface area (Å²) in [5.74, 6) is 0.0710. The van der Waals surface area contributed by atoms with E-state index in [0.29, 0.717) is 5.65 Å². The Labute approximate surface area is 181 Å². The molecule has 158 valence electrons. The van der Waals surface area contributed by atoms with E-state index in [0.717, 1.165) is 47.9 Å². The lowest BCUT2D eigenvalue weighted by Gasteiger charge is -2.19. The van der Waals surface area contributed by atoms with Gasteiger partial charge in [-0.3, -0.25) is 4.68 Å². The Bertz CT molecular complexity index is 1370. The Kier molecular flexibility index (Phi) is 4.98. The minimum atomic E-state index is -3.83. The van der Waals surface area contributed by atoms with E-state index in [-0.39, 0.29) is 10.8 Å². The van der Waals surface area contributed by atoms with Crippen molar-refractivity contribution in [3.05, 3.63) is 78.9 Å². The number of aryl methyl sites for hydroxylation is 1. The molecule has 1 aliphatic carbocycles. The van der Waals surface area contributed by atoms with Crippen LogP contribution in [-0.2, 0) is 17.1 Å². The van der Waals surface area contributed by atoms with Crippen molar-refractivity contribution in [2.24, 2.45) is 7.05 Å². The molecule has 0 bridgehead atoms. The van der Waals surface area contributed by atoms with Crippen molar-refractivity contribution in [1.29, 1.82) is 0 Å². The molecule has 0 spiro atoms. The van der Waals surface area contributed by atoms with Gasteiger partial charge in [0.15, 0.2) is 5.65 Å². The molecule has 5 rings (SSSR count). The van der Waals surface area contributed by atoms with Gasteiger partial charge in [0.2, 0.25) is 0 Å². The van der Waals surface area contributed by atoms with E-state index in [2.05, 4.69) is 22.2 Å². The van der Waals surface area contributed by atoms with Crippen molar-refractivity contribution in [1.82, 2.24) is 18.7 Å². The lowest BCUT2D eigenvalue weighted by Crippen LogP contribution is -2.18. The van der Waals surface area contributed by atoms with Crippen LogP contribution < -0.4 is 0 Å². The second kappa shape index (κ2) is 7.81. The van der Waals surface area contributed by atoms with Crippen LogP contribution in [0.4, 0.5) is 0 Å². The average molecular weight is 433 g/mol. The minimum absolute atomic E-state index is 0.0710. The maximum atomic E-state index is 13.9. The van der Waals surface area contributed by atoms with Gasteiger partial charge >= 0.3 is 0 Å². The fourth-order valence-corrected chi connectivity index (χ4v) is 6.08. The van der Waals surface area contributed by atoms with E-state index in [4.69, 9.17) is 0 Å². The number of pyridine rings is 1. The van der Waals surface area contributed by atoms with Crippen LogP contribution in [0.15, 0.2) is 78.1 Å². The van der Waals surface area contributed by atoms with E-state index in [9.17, 15) is 8.42 Å². The number of hydrogen-bond donors (Lipinski definition) is 0. The van der Waals surface area contributed by atoms with Gasteiger partial charge in [0, 0.05) is 47.6 Å². The molecule has 0 amide bonds. The summed E-state index contributed by atoms with van der Waals surface area (Å²) >= 11 is 0. The minimum Gasteiger partial charge on any atom is -0.275 e. The monoisotopic (exact) mass is 432 g/mol. The normalized spacial score (nSPS) is 17.1. The largest absolute Gasteiger partial charge is 0.275 e. The molecule has 0 radical (unpaired) electrons. The molecule has 6 nitrogen and oxygen atoms in total. The molecule has 0 saturated carbocycles. The van der Waals surface area contributed by atoms with Gasteiger partial charge in [-0.15, -0.1) is 0 Å². The van der Waals surface area contributed by atoms with Crippen LogP contribution in [-0.4, -0.2) is 27.2 Å². The number of nitrogens with zero attached hydrogens (tertiary/aromatic N) is 4. The maximum Gasteiger partial charge on any atom is 0.269 e. The van der Waals surface area contributed by atoms with Crippen LogP contribution in [0.25, 0.3) is 22.2 Å². The Morgan fingerprint density at radius 2 is 1.90 bits per heavy atom. The summed E-state index contributed by atoms with van der Waals surface area (Å²) < 4.78 is 31.1. The van der Waals surface area contributed by atoms with E-state index in [1.807, 2.05) is 31.4 Å². The molecular weight excluding hydrogens is 408 g/mol. The zero-order chi connectivity index (χ0) is 21.4. The number of hydrogen-bond acceptors (Lipinski definition) is 4. The SMILES string of the molecule is Cn1cc(-c2c(C3CC=CCCC3)n(S(=O)(=O)c3ccccc3)c3ncccc23)cn1. The van der Waals surface area contributed by atoms with E-state index < -0.39 is 10.0 Å². The van der Waals surface area contributed by atoms with Crippen molar-refractivity contribution in [2.45, 2.75) is 36.5 Å². The van der Waals surface area contributed by atoms with Crippen molar-refractivity contribution in [3.8, 4) is 11.1 Å². The molecule has 3 heterocycles. The molecule has 1 unspecified atom stereocenters. The standard InChI is InChI=1S/C24H24N4O2S/c1-27-17-19(16-26-27)22-21-14-9-15-25-24(21)28(23(22)18-10-5-2-3-6-11-18)31(29,30)20-12-7-4-8-13-20/h2,4-5,7-9,12-18H,3,6,10-11H2,1H3. The lowest BCUT2D eigenvalue weighted by molar-refractivity contribution is 0.569. The topological polar surface area (TPSA) is 69.8 Å². The predicted octanol–water partition coefficient (Wildman–Crippen LogP) is 4.89. The molecular formula is C24H24N4O2S. The van der Waals surface area contributed by atoms with Crippen LogP contribution in [0, 0.1) is 0 Å². The molecule has 1 aromatic carbocycles. The predicted molar refractivity (Wildman–Crippen MR) is 121 cm³/mol. The maximum absolute atomic E-state index is 13.9. The van der Waals surface area contributed by atoms with Crippen molar-refractivity contribution < 1.29 is 8.42 Å². The third kappa shape index (κ3) is 3.39. The first kappa shape index (κ1) is 19.8. The second-order valence-corrected chi connectivity index (χ2v) is 9.74. The molecule has 0 N–H and O–H groups in total. The molecule has 1 aliphatic rings. The first-order chi connectivity index (χ1) is 15.1. The van der Waals surface area contributed by atoms with Crippen molar-refractivity contribution in [2.75, 3.05) is 0 Å². The smallest absolute Gasteiger partial charge is 0.269 e. The molecule has 3 aromatic heterocycles. The van der Waals surface area contributed by atoms with Gasteiger partial charge in [0.1, 0.15) is 0 Å². The highest BCUT2D eigenvalue weighted by Gasteiger charge is 2.32. The van der Waals surface area contributed by atoms with Gasteiger partial charge in [-0.2, -0.15) is 5.10 Å². The highest BCUT2D eigenvalue weighted by atomic mass is 32.2. The second-order valence-electron chi connectivity index (χ2n) is 7.95. The lowest BCUT2D eigenvalue weighted by atomic mass is 9.92. The Morgan fingerprint density at radius 3 is 2.68 bits per heavy atom. The van der Waals surface area contributed by atoms with Crippen molar-refractivity contribution >= 4 is 21.1 Å². The van der Waals surface area contributed by atoms with Gasteiger partial charge in [-0.25, -0.2) is 17.4 Å². The zero-order valence-corrected chi connectivity index (χ0v) is 18.2. The highest BCUT2D eigenvalue weighted by Crippen LogP contribution is 2.43. The Balaban J connectivity index is 1.88. The van der Waals surface area contributed by atoms with Crippen LogP contribution in [0.3, 0.4) is 0 Å². The van der Waals surface area contributed by atoms with E-state index >= 15 is 0 Å². The van der Waals surface area contributed by atoms with Crippen LogP contribution in [0.1, 0.15) is 37.3 Å². The molecule has 7 heteroatoms. The van der Waals surface area contributed by atoms with Gasteiger partial charge in [-0.05, 0) is 49.9 Å². The fraction of sp³-hybridized carbons (Fsp3) is 0.250. The molecule has 4 aromatic rings. The number of fused-ring (bicyclic) bond motifs is 1. The van der Waals surface area contributed by atoms with Crippen LogP contribution in [0.5, 0.6) is 0 Å². The van der Waals surface area contributed by atoms with E-state index in [1.165, 1.54) is 3.97 Å². The van der Waals surface area contributed by atoms with Crippen molar-refractivity contribution in [3.63, 3.8) is 0 Å². The summed E-state index contributed by atoms with van der Waals surface area (Å²) in [6, 6.07) is 12.4. The average Bonchev–Trinajstić information content (AvgIpc) is 3.24. The Hall–Kier alpha value is -3.19. The van der Waals surface area contributed by atoms with Crippen LogP contribution >= 0.6 is 0 Å². The zero-order valence-electron chi connectivity index (χ0n) is 17.3. The first-order valence-corrected chi connectivity index (χ1v) is 12.0. The number of aromatic nitrogens is 4. The summed E-state index contributed by atoms with van der Waals surface area (Å²) in [6.45, 7) is 0. The van der Waals surface area contributed by atoms with Gasteiger partial charge in [-0.1, -0.05) is 30.4 Å². The third-order valence-corrected chi connectivity index (χ3v) is 7.61. The number of allylic oxidation sites excluding steroid dienone is 2. The Morgan fingerprint density at radius 1 is 1.06 bits per heavy atom. The number of rotatable bonds is 4. The van der Waals surface area contributed by atoms with Gasteiger partial charge in [0.25, 0.3) is 10.0 Å². The summed E-state index contributed by atoms with van der Waals surface area (Å²) in [5, 5.41) is 5.19. The van der Waals surface area contributed by atoms with Gasteiger partial charge in [0.05, 0.1) is 11.1 Å². The van der Waals surface area contributed by atoms with E-state index in [1.54, 1.807) is 41.3 Å². The first-order valence-electron chi connectivity index (χ1n) is 10.5. The summed E-state index contributed by atoms with van der Waals surface area (Å²) in [5.41, 5.74) is 3.09. The fourth-order valence-electron chi connectivity index (χ4n) is 4.50. The van der Waals surface area contributed by atoms with Crippen LogP contribution in [0.2, 0.25) is 0 Å². The summed E-state index contributed by atoms with van der Waals surface area (Å²) in [6.07, 6.45) is 13.5. The quantitative estimate of drug-likeness (QED) is 0.431. The van der Waals surface area contributed by atoms with Gasteiger partial charge < -0.3 is 0 Å². The third-order valence-electron chi connectivity index (χ3n) is 5.90. The molecule has 0 saturated heterocycles. The molecule has 0 fully saturated rings. The summed E-state index contributed by atoms with van der Waals surface area (Å²) in [7, 11) is -1.96.